The van der Waals surface area contributed by atoms with E-state index in [1.165, 1.54) is 0 Å². The second-order valence-electron chi connectivity index (χ2n) is 8.98. The maximum absolute atomic E-state index is 13.4. The molecule has 5 nitrogen and oxygen atoms in total. The molecule has 5 rings (SSSR count). The van der Waals surface area contributed by atoms with Crippen molar-refractivity contribution in [2.45, 2.75) is 29.9 Å². The Morgan fingerprint density at radius 2 is 2.00 bits per heavy atom. The second-order valence-corrected chi connectivity index (χ2v) is 11.7. The summed E-state index contributed by atoms with van der Waals surface area (Å²) in [4.78, 5) is 21.4. The Bertz CT molecular complexity index is 1190. The molecule has 0 radical (unpaired) electrons. The van der Waals surface area contributed by atoms with Crippen molar-refractivity contribution in [3.63, 3.8) is 0 Å². The molecule has 0 amide bonds. The minimum absolute atomic E-state index is 0.0961. The number of carbonyl (C=O) groups excluding carboxylic acids is 1. The van der Waals surface area contributed by atoms with Crippen LogP contribution in [0.2, 0.25) is 5.02 Å². The molecule has 3 aromatic rings. The number of rotatable bonds is 10. The molecule has 0 saturated heterocycles. The number of hydrogen-bond acceptors (Lipinski definition) is 7. The van der Waals surface area contributed by atoms with Crippen molar-refractivity contribution in [3.8, 4) is 11.5 Å². The van der Waals surface area contributed by atoms with Crippen molar-refractivity contribution in [2.75, 3.05) is 33.2 Å². The molecular weight excluding hydrogens is 488 g/mol. The number of aromatic nitrogens is 1. The second kappa shape index (κ2) is 9.90. The number of thioether (sulfide) groups is 1. The Balaban J connectivity index is 1.33. The molecule has 1 aliphatic heterocycles. The highest BCUT2D eigenvalue weighted by Gasteiger charge is 2.51. The first-order chi connectivity index (χ1) is 16.5. The average Bonchev–Trinajstić information content (AvgIpc) is 3.28. The van der Waals surface area contributed by atoms with Gasteiger partial charge in [0.05, 0.1) is 17.1 Å². The molecule has 0 bridgehead atoms. The lowest BCUT2D eigenvalue weighted by Gasteiger charge is -2.18. The number of carbonyl (C=O) groups is 1. The summed E-state index contributed by atoms with van der Waals surface area (Å²) in [5.41, 5.74) is 1.69. The number of ether oxygens (including phenoxy) is 2. The van der Waals surface area contributed by atoms with Gasteiger partial charge in [0.2, 0.25) is 6.79 Å². The van der Waals surface area contributed by atoms with Gasteiger partial charge < -0.3 is 14.4 Å². The average molecular weight is 515 g/mol. The molecular formula is C26H27ClN2O3S2. The van der Waals surface area contributed by atoms with E-state index in [1.54, 1.807) is 11.3 Å². The fourth-order valence-electron chi connectivity index (χ4n) is 4.25. The van der Waals surface area contributed by atoms with E-state index in [1.807, 2.05) is 54.4 Å². The van der Waals surface area contributed by atoms with E-state index in [0.29, 0.717) is 6.42 Å². The summed E-state index contributed by atoms with van der Waals surface area (Å²) in [6.45, 7) is 1.22. The first-order valence-corrected chi connectivity index (χ1v) is 13.6. The molecule has 1 aliphatic carbocycles. The summed E-state index contributed by atoms with van der Waals surface area (Å²) in [5, 5.41) is 1.71. The van der Waals surface area contributed by atoms with Crippen LogP contribution in [0.1, 0.15) is 39.1 Å². The predicted molar refractivity (Wildman–Crippen MR) is 139 cm³/mol. The van der Waals surface area contributed by atoms with Crippen LogP contribution >= 0.6 is 34.7 Å². The summed E-state index contributed by atoms with van der Waals surface area (Å²) >= 11 is 10.0. The smallest absolute Gasteiger partial charge is 0.231 e. The number of ketones is 1. The van der Waals surface area contributed by atoms with E-state index in [4.69, 9.17) is 21.1 Å². The fraction of sp³-hybridized carbons (Fsp3) is 0.385. The lowest BCUT2D eigenvalue weighted by atomic mass is 9.89. The molecule has 1 atom stereocenters. The van der Waals surface area contributed by atoms with Crippen LogP contribution in [-0.2, 0) is 16.6 Å². The normalized spacial score (nSPS) is 16.6. The van der Waals surface area contributed by atoms with Gasteiger partial charge in [-0.15, -0.1) is 23.1 Å². The molecule has 8 heteroatoms. The van der Waals surface area contributed by atoms with Gasteiger partial charge in [-0.2, -0.15) is 0 Å². The molecule has 34 heavy (non-hydrogen) atoms. The third-order valence-corrected chi connectivity index (χ3v) is 9.18. The van der Waals surface area contributed by atoms with Gasteiger partial charge in [0.25, 0.3) is 0 Å². The van der Waals surface area contributed by atoms with E-state index < -0.39 is 5.41 Å². The van der Waals surface area contributed by atoms with Crippen molar-refractivity contribution >= 4 is 40.5 Å². The molecule has 0 N–H and O–H groups in total. The molecule has 1 unspecified atom stereocenters. The van der Waals surface area contributed by atoms with Crippen LogP contribution in [0.5, 0.6) is 11.5 Å². The van der Waals surface area contributed by atoms with E-state index in [9.17, 15) is 4.79 Å². The third kappa shape index (κ3) is 4.85. The van der Waals surface area contributed by atoms with Crippen molar-refractivity contribution in [2.24, 2.45) is 0 Å². The van der Waals surface area contributed by atoms with Crippen molar-refractivity contribution in [1.29, 1.82) is 0 Å². The highest BCUT2D eigenvalue weighted by molar-refractivity contribution is 7.99. The number of fused-ring (bicyclic) bond motifs is 1. The standard InChI is InChI=1S/C26H27ClN2O3S2/c1-29(2)11-12-33-25(18-5-3-4-6-19(18)27)22-15-28-24(34-22)14-23(30)26(9-10-26)17-7-8-20-21(13-17)32-16-31-20/h3-8,13,15,25H,9-12,14,16H2,1-2H3. The molecule has 0 spiro atoms. The van der Waals surface area contributed by atoms with E-state index >= 15 is 0 Å². The maximum atomic E-state index is 13.4. The maximum Gasteiger partial charge on any atom is 0.231 e. The molecule has 1 fully saturated rings. The number of Topliss-reactive ketones (excluding diaryl/α,β-unsaturated/α-hetero) is 1. The number of benzene rings is 2. The van der Waals surface area contributed by atoms with Gasteiger partial charge in [-0.25, -0.2) is 4.98 Å². The van der Waals surface area contributed by atoms with E-state index in [-0.39, 0.29) is 17.8 Å². The number of hydrogen-bond donors (Lipinski definition) is 0. The van der Waals surface area contributed by atoms with Gasteiger partial charge in [0, 0.05) is 28.4 Å². The quantitative estimate of drug-likeness (QED) is 0.343. The Morgan fingerprint density at radius 3 is 2.76 bits per heavy atom. The topological polar surface area (TPSA) is 51.7 Å². The van der Waals surface area contributed by atoms with Gasteiger partial charge >= 0.3 is 0 Å². The summed E-state index contributed by atoms with van der Waals surface area (Å²) in [5.74, 6) is 2.67. The SMILES string of the molecule is CN(C)CCSC(c1cnc(CC(=O)C2(c3ccc4c(c3)OCO4)CC2)s1)c1ccccc1Cl. The zero-order valence-corrected chi connectivity index (χ0v) is 21.6. The Labute approximate surface area is 213 Å². The number of halogens is 1. The molecule has 2 aromatic carbocycles. The molecule has 1 saturated carbocycles. The number of thiazole rings is 1. The van der Waals surface area contributed by atoms with Crippen LogP contribution in [0.15, 0.2) is 48.7 Å². The Hall–Kier alpha value is -2.06. The summed E-state index contributed by atoms with van der Waals surface area (Å²) in [6, 6.07) is 13.9. The van der Waals surface area contributed by atoms with Crippen LogP contribution in [0, 0.1) is 0 Å². The van der Waals surface area contributed by atoms with Crippen LogP contribution < -0.4 is 9.47 Å². The minimum Gasteiger partial charge on any atom is -0.454 e. The van der Waals surface area contributed by atoms with Crippen LogP contribution in [0.3, 0.4) is 0 Å². The molecule has 1 aromatic heterocycles. The monoisotopic (exact) mass is 514 g/mol. The van der Waals surface area contributed by atoms with Gasteiger partial charge in [-0.05, 0) is 56.3 Å². The lowest BCUT2D eigenvalue weighted by Crippen LogP contribution is -2.22. The van der Waals surface area contributed by atoms with Crippen LogP contribution in [0.25, 0.3) is 0 Å². The van der Waals surface area contributed by atoms with Crippen molar-refractivity contribution in [3.05, 3.63) is 74.7 Å². The summed E-state index contributed by atoms with van der Waals surface area (Å²) in [6.07, 6.45) is 4.00. The Kier molecular flexibility index (Phi) is 6.89. The third-order valence-electron chi connectivity index (χ3n) is 6.36. The first kappa shape index (κ1) is 23.7. The largest absolute Gasteiger partial charge is 0.454 e. The minimum atomic E-state index is -0.421. The lowest BCUT2D eigenvalue weighted by molar-refractivity contribution is -0.120. The fourth-order valence-corrected chi connectivity index (χ4v) is 7.14. The highest BCUT2D eigenvalue weighted by Crippen LogP contribution is 2.52. The van der Waals surface area contributed by atoms with Crippen LogP contribution in [-0.4, -0.2) is 48.9 Å². The Morgan fingerprint density at radius 1 is 1.21 bits per heavy atom. The van der Waals surface area contributed by atoms with Gasteiger partial charge in [-0.1, -0.05) is 35.9 Å². The molecule has 2 aliphatic rings. The summed E-state index contributed by atoms with van der Waals surface area (Å²) < 4.78 is 11.0. The van der Waals surface area contributed by atoms with Crippen molar-refractivity contribution < 1.29 is 14.3 Å². The van der Waals surface area contributed by atoms with Crippen LogP contribution in [0.4, 0.5) is 0 Å². The molecule has 178 valence electrons. The van der Waals surface area contributed by atoms with Gasteiger partial charge in [0.1, 0.15) is 10.8 Å². The van der Waals surface area contributed by atoms with Crippen molar-refractivity contribution in [1.82, 2.24) is 9.88 Å². The summed E-state index contributed by atoms with van der Waals surface area (Å²) in [7, 11) is 4.16. The van der Waals surface area contributed by atoms with E-state index in [0.717, 1.165) is 62.7 Å². The predicted octanol–water partition coefficient (Wildman–Crippen LogP) is 5.75. The van der Waals surface area contributed by atoms with Gasteiger partial charge in [-0.3, -0.25) is 4.79 Å². The zero-order valence-electron chi connectivity index (χ0n) is 19.3. The highest BCUT2D eigenvalue weighted by atomic mass is 35.5. The zero-order chi connectivity index (χ0) is 23.7. The molecule has 2 heterocycles. The first-order valence-electron chi connectivity index (χ1n) is 11.3. The van der Waals surface area contributed by atoms with Gasteiger partial charge in [0.15, 0.2) is 11.5 Å². The number of nitrogens with zero attached hydrogens (tertiary/aromatic N) is 2. The van der Waals surface area contributed by atoms with E-state index in [2.05, 4.69) is 30.0 Å².